The van der Waals surface area contributed by atoms with Gasteiger partial charge in [0.25, 0.3) is 5.91 Å². The van der Waals surface area contributed by atoms with Crippen molar-refractivity contribution in [1.82, 2.24) is 0 Å². The smallest absolute Gasteiger partial charge is 0.294 e. The Hall–Kier alpha value is -2.82. The second-order valence-electron chi connectivity index (χ2n) is 7.15. The highest BCUT2D eigenvalue weighted by Gasteiger charge is 2.45. The first kappa shape index (κ1) is 18.0. The summed E-state index contributed by atoms with van der Waals surface area (Å²) in [5, 5.41) is 10.5. The number of aryl methyl sites for hydroxylation is 2. The second-order valence-corrected chi connectivity index (χ2v) is 7.15. The first-order valence-corrected chi connectivity index (χ1v) is 8.72. The maximum absolute atomic E-state index is 12.8. The largest absolute Gasteiger partial charge is 0.503 e. The molecule has 1 atom stereocenters. The van der Waals surface area contributed by atoms with Crippen LogP contribution < -0.4 is 4.90 Å². The van der Waals surface area contributed by atoms with E-state index in [1.165, 1.54) is 4.90 Å². The van der Waals surface area contributed by atoms with E-state index < -0.39 is 17.7 Å². The predicted octanol–water partition coefficient (Wildman–Crippen LogP) is 4.41. The highest BCUT2D eigenvalue weighted by atomic mass is 16.3. The van der Waals surface area contributed by atoms with Crippen LogP contribution >= 0.6 is 0 Å². The average Bonchev–Trinajstić information content (AvgIpc) is 3.10. The SMILES string of the molecule is Cc1ccc(N2C(=O)C(O)=C(C(=O)CC(C)C)C2c2ccc(C)o2)cc1. The molecule has 0 saturated heterocycles. The Balaban J connectivity index is 2.12. The minimum absolute atomic E-state index is 0.110. The zero-order valence-electron chi connectivity index (χ0n) is 15.4. The van der Waals surface area contributed by atoms with Gasteiger partial charge in [-0.3, -0.25) is 14.5 Å². The van der Waals surface area contributed by atoms with E-state index in [-0.39, 0.29) is 23.7 Å². The summed E-state index contributed by atoms with van der Waals surface area (Å²) in [6.45, 7) is 7.61. The summed E-state index contributed by atoms with van der Waals surface area (Å²) in [6, 6.07) is 10.2. The molecule has 3 rings (SSSR count). The van der Waals surface area contributed by atoms with Crippen molar-refractivity contribution in [2.75, 3.05) is 4.90 Å². The van der Waals surface area contributed by atoms with Gasteiger partial charge < -0.3 is 9.52 Å². The fourth-order valence-corrected chi connectivity index (χ4v) is 3.21. The van der Waals surface area contributed by atoms with Crippen LogP contribution in [0.1, 0.15) is 43.4 Å². The molecule has 0 spiro atoms. The Bertz CT molecular complexity index is 874. The van der Waals surface area contributed by atoms with E-state index in [2.05, 4.69) is 0 Å². The zero-order chi connectivity index (χ0) is 19.0. The summed E-state index contributed by atoms with van der Waals surface area (Å²) in [5.74, 6) is -0.0500. The normalized spacial score (nSPS) is 17.5. The maximum Gasteiger partial charge on any atom is 0.294 e. The zero-order valence-corrected chi connectivity index (χ0v) is 15.4. The summed E-state index contributed by atoms with van der Waals surface area (Å²) in [5.41, 5.74) is 1.77. The minimum Gasteiger partial charge on any atom is -0.503 e. The van der Waals surface area contributed by atoms with Crippen LogP contribution in [0.4, 0.5) is 5.69 Å². The number of aliphatic hydroxyl groups is 1. The van der Waals surface area contributed by atoms with Crippen molar-refractivity contribution in [2.24, 2.45) is 5.92 Å². The predicted molar refractivity (Wildman–Crippen MR) is 99.0 cm³/mol. The van der Waals surface area contributed by atoms with Gasteiger partial charge in [0.15, 0.2) is 11.5 Å². The van der Waals surface area contributed by atoms with Crippen LogP contribution in [0.25, 0.3) is 0 Å². The first-order chi connectivity index (χ1) is 12.3. The molecule has 26 heavy (non-hydrogen) atoms. The monoisotopic (exact) mass is 353 g/mol. The maximum atomic E-state index is 12.8. The molecule has 0 fully saturated rings. The number of anilines is 1. The third kappa shape index (κ3) is 3.17. The van der Waals surface area contributed by atoms with Crippen LogP contribution in [-0.2, 0) is 9.59 Å². The van der Waals surface area contributed by atoms with Crippen molar-refractivity contribution in [3.8, 4) is 0 Å². The number of Topliss-reactive ketones (excluding diaryl/α,β-unsaturated/α-hetero) is 1. The Morgan fingerprint density at radius 1 is 1.15 bits per heavy atom. The molecular formula is C21H23NO4. The lowest BCUT2D eigenvalue weighted by atomic mass is 9.95. The van der Waals surface area contributed by atoms with Gasteiger partial charge in [-0.2, -0.15) is 0 Å². The number of amides is 1. The van der Waals surface area contributed by atoms with E-state index in [1.807, 2.05) is 32.9 Å². The quantitative estimate of drug-likeness (QED) is 0.864. The lowest BCUT2D eigenvalue weighted by Gasteiger charge is -2.25. The summed E-state index contributed by atoms with van der Waals surface area (Å²) < 4.78 is 5.73. The molecule has 1 aliphatic heterocycles. The summed E-state index contributed by atoms with van der Waals surface area (Å²) >= 11 is 0. The van der Waals surface area contributed by atoms with Gasteiger partial charge in [0, 0.05) is 12.1 Å². The number of furan rings is 1. The molecule has 1 aromatic heterocycles. The number of carbonyl (C=O) groups is 2. The Labute approximate surface area is 152 Å². The average molecular weight is 353 g/mol. The van der Waals surface area contributed by atoms with Crippen molar-refractivity contribution in [1.29, 1.82) is 0 Å². The Kier molecular flexibility index (Phi) is 4.72. The van der Waals surface area contributed by atoms with Gasteiger partial charge in [0.05, 0.1) is 5.57 Å². The van der Waals surface area contributed by atoms with Crippen molar-refractivity contribution >= 4 is 17.4 Å². The van der Waals surface area contributed by atoms with Gasteiger partial charge in [-0.1, -0.05) is 31.5 Å². The molecule has 136 valence electrons. The molecule has 1 aromatic carbocycles. The number of rotatable bonds is 5. The van der Waals surface area contributed by atoms with Gasteiger partial charge in [0.1, 0.15) is 17.6 Å². The molecule has 2 aromatic rings. The summed E-state index contributed by atoms with van der Waals surface area (Å²) in [7, 11) is 0. The molecule has 5 nitrogen and oxygen atoms in total. The van der Waals surface area contributed by atoms with Crippen LogP contribution in [0, 0.1) is 19.8 Å². The molecule has 1 N–H and O–H groups in total. The number of aliphatic hydroxyl groups excluding tert-OH is 1. The number of hydrogen-bond donors (Lipinski definition) is 1. The highest BCUT2D eigenvalue weighted by molar-refractivity contribution is 6.16. The van der Waals surface area contributed by atoms with Crippen LogP contribution in [0.2, 0.25) is 0 Å². The number of ketones is 1. The third-order valence-electron chi connectivity index (χ3n) is 4.44. The van der Waals surface area contributed by atoms with Gasteiger partial charge in [-0.15, -0.1) is 0 Å². The first-order valence-electron chi connectivity index (χ1n) is 8.72. The number of hydrogen-bond acceptors (Lipinski definition) is 4. The van der Waals surface area contributed by atoms with Gasteiger partial charge in [-0.05, 0) is 44.0 Å². The highest BCUT2D eigenvalue weighted by Crippen LogP contribution is 2.42. The molecule has 0 bridgehead atoms. The van der Waals surface area contributed by atoms with E-state index in [0.29, 0.717) is 17.2 Å². The minimum atomic E-state index is -0.759. The number of nitrogens with zero attached hydrogens (tertiary/aromatic N) is 1. The third-order valence-corrected chi connectivity index (χ3v) is 4.44. The second kappa shape index (κ2) is 6.83. The van der Waals surface area contributed by atoms with E-state index in [1.54, 1.807) is 31.2 Å². The molecule has 1 unspecified atom stereocenters. The Morgan fingerprint density at radius 3 is 2.35 bits per heavy atom. The van der Waals surface area contributed by atoms with E-state index >= 15 is 0 Å². The van der Waals surface area contributed by atoms with Crippen molar-refractivity contribution in [3.63, 3.8) is 0 Å². The topological polar surface area (TPSA) is 70.8 Å². The fraction of sp³-hybridized carbons (Fsp3) is 0.333. The van der Waals surface area contributed by atoms with E-state index in [4.69, 9.17) is 4.42 Å². The molecule has 1 amide bonds. The van der Waals surface area contributed by atoms with Crippen LogP contribution in [0.3, 0.4) is 0 Å². The molecule has 0 saturated carbocycles. The lowest BCUT2D eigenvalue weighted by molar-refractivity contribution is -0.118. The van der Waals surface area contributed by atoms with Gasteiger partial charge in [0.2, 0.25) is 0 Å². The molecule has 5 heteroatoms. The Morgan fingerprint density at radius 2 is 1.81 bits per heavy atom. The molecule has 0 aliphatic carbocycles. The van der Waals surface area contributed by atoms with E-state index in [0.717, 1.165) is 5.56 Å². The van der Waals surface area contributed by atoms with Gasteiger partial charge in [-0.25, -0.2) is 0 Å². The van der Waals surface area contributed by atoms with E-state index in [9.17, 15) is 14.7 Å². The van der Waals surface area contributed by atoms with Crippen molar-refractivity contribution in [3.05, 3.63) is 64.8 Å². The summed E-state index contributed by atoms with van der Waals surface area (Å²) in [4.78, 5) is 27.0. The van der Waals surface area contributed by atoms with Gasteiger partial charge >= 0.3 is 0 Å². The molecular weight excluding hydrogens is 330 g/mol. The summed E-state index contributed by atoms with van der Waals surface area (Å²) in [6.07, 6.45) is 0.255. The lowest BCUT2D eigenvalue weighted by Crippen LogP contribution is -2.30. The molecule has 2 heterocycles. The van der Waals surface area contributed by atoms with Crippen LogP contribution in [0.5, 0.6) is 0 Å². The fourth-order valence-electron chi connectivity index (χ4n) is 3.21. The standard InChI is InChI=1S/C21H23NO4/c1-12(2)11-16(23)18-19(17-10-7-14(4)26-17)22(21(25)20(18)24)15-8-5-13(3)6-9-15/h5-10,12,19,24H,11H2,1-4H3. The molecule has 1 aliphatic rings. The van der Waals surface area contributed by atoms with Crippen molar-refractivity contribution < 1.29 is 19.1 Å². The molecule has 0 radical (unpaired) electrons. The number of benzene rings is 1. The van der Waals surface area contributed by atoms with Crippen molar-refractivity contribution in [2.45, 2.75) is 40.2 Å². The van der Waals surface area contributed by atoms with Crippen LogP contribution in [0.15, 0.2) is 52.1 Å². The number of carbonyl (C=O) groups excluding carboxylic acids is 2. The van der Waals surface area contributed by atoms with Crippen LogP contribution in [-0.4, -0.2) is 16.8 Å².